The van der Waals surface area contributed by atoms with E-state index in [2.05, 4.69) is 10.3 Å². The van der Waals surface area contributed by atoms with Gasteiger partial charge in [-0.2, -0.15) is 0 Å². The van der Waals surface area contributed by atoms with Crippen molar-refractivity contribution in [1.82, 2.24) is 10.3 Å². The summed E-state index contributed by atoms with van der Waals surface area (Å²) in [4.78, 5) is 17.7. The molecule has 3 aromatic rings. The Hall–Kier alpha value is -1.92. The monoisotopic (exact) mass is 344 g/mol. The molecule has 0 spiro atoms. The van der Waals surface area contributed by atoms with Crippen molar-refractivity contribution in [2.24, 2.45) is 5.92 Å². The van der Waals surface area contributed by atoms with Gasteiger partial charge < -0.3 is 10.1 Å². The Morgan fingerprint density at radius 2 is 2.17 bits per heavy atom. The number of benzene rings is 1. The minimum absolute atomic E-state index is 0.0644. The second-order valence-electron chi connectivity index (χ2n) is 5.66. The molecule has 1 aliphatic carbocycles. The van der Waals surface area contributed by atoms with E-state index in [1.54, 1.807) is 22.7 Å². The lowest BCUT2D eigenvalue weighted by Gasteiger charge is -2.34. The summed E-state index contributed by atoms with van der Waals surface area (Å²) >= 11 is 3.27. The van der Waals surface area contributed by atoms with Crippen molar-refractivity contribution in [3.8, 4) is 5.75 Å². The number of rotatable bonds is 5. The molecule has 0 bridgehead atoms. The molecule has 1 aromatic carbocycles. The molecule has 2 heterocycles. The summed E-state index contributed by atoms with van der Waals surface area (Å²) in [5.74, 6) is 1.02. The highest BCUT2D eigenvalue weighted by Gasteiger charge is 2.36. The normalized spacial score (nSPS) is 20.2. The Bertz CT molecular complexity index is 807. The molecule has 4 nitrogen and oxygen atoms in total. The molecule has 23 heavy (non-hydrogen) atoms. The number of nitrogens with one attached hydrogen (secondary N) is 1. The van der Waals surface area contributed by atoms with Gasteiger partial charge in [0.2, 0.25) is 5.91 Å². The van der Waals surface area contributed by atoms with Gasteiger partial charge in [0, 0.05) is 10.8 Å². The van der Waals surface area contributed by atoms with E-state index in [9.17, 15) is 4.79 Å². The number of nitrogens with zero attached hydrogens (tertiary/aromatic N) is 1. The SMILES string of the molecule is O=C(NCc1cccs1)C1CC(Oc2cccc3scnc23)C1. The molecule has 1 saturated carbocycles. The van der Waals surface area contributed by atoms with Gasteiger partial charge in [-0.3, -0.25) is 4.79 Å². The number of thiazole rings is 1. The molecule has 6 heteroatoms. The third kappa shape index (κ3) is 3.09. The number of hydrogen-bond acceptors (Lipinski definition) is 5. The number of thiophene rings is 1. The molecule has 1 fully saturated rings. The largest absolute Gasteiger partial charge is 0.488 e. The molecule has 1 N–H and O–H groups in total. The van der Waals surface area contributed by atoms with E-state index in [1.807, 2.05) is 41.2 Å². The minimum Gasteiger partial charge on any atom is -0.488 e. The molecule has 118 valence electrons. The van der Waals surface area contributed by atoms with Crippen LogP contribution in [0.15, 0.2) is 41.2 Å². The first-order valence-electron chi connectivity index (χ1n) is 7.58. The van der Waals surface area contributed by atoms with Gasteiger partial charge in [-0.1, -0.05) is 12.1 Å². The number of amides is 1. The van der Waals surface area contributed by atoms with Crippen LogP contribution in [-0.2, 0) is 11.3 Å². The summed E-state index contributed by atoms with van der Waals surface area (Å²) < 4.78 is 7.15. The summed E-state index contributed by atoms with van der Waals surface area (Å²) in [7, 11) is 0. The summed E-state index contributed by atoms with van der Waals surface area (Å²) in [6.45, 7) is 0.622. The number of hydrogen-bond donors (Lipinski definition) is 1. The Kier molecular flexibility index (Phi) is 4.01. The van der Waals surface area contributed by atoms with E-state index in [4.69, 9.17) is 4.74 Å². The first-order chi connectivity index (χ1) is 11.3. The predicted octanol–water partition coefficient (Wildman–Crippen LogP) is 3.83. The Morgan fingerprint density at radius 3 is 3.00 bits per heavy atom. The van der Waals surface area contributed by atoms with Crippen molar-refractivity contribution in [3.63, 3.8) is 0 Å². The molecule has 0 saturated heterocycles. The number of carbonyl (C=O) groups excluding carboxylic acids is 1. The zero-order valence-electron chi connectivity index (χ0n) is 12.4. The lowest BCUT2D eigenvalue weighted by atomic mass is 9.81. The number of carbonyl (C=O) groups is 1. The second kappa shape index (κ2) is 6.29. The van der Waals surface area contributed by atoms with Gasteiger partial charge in [0.25, 0.3) is 0 Å². The fraction of sp³-hybridized carbons (Fsp3) is 0.294. The molecule has 0 unspecified atom stereocenters. The third-order valence-corrected chi connectivity index (χ3v) is 5.77. The number of aromatic nitrogens is 1. The van der Waals surface area contributed by atoms with Crippen molar-refractivity contribution in [3.05, 3.63) is 46.1 Å². The number of fused-ring (bicyclic) bond motifs is 1. The smallest absolute Gasteiger partial charge is 0.223 e. The number of para-hydroxylation sites is 1. The molecule has 0 radical (unpaired) electrons. The van der Waals surface area contributed by atoms with E-state index in [0.29, 0.717) is 6.54 Å². The second-order valence-corrected chi connectivity index (χ2v) is 7.58. The van der Waals surface area contributed by atoms with Crippen LogP contribution < -0.4 is 10.1 Å². The van der Waals surface area contributed by atoms with E-state index < -0.39 is 0 Å². The van der Waals surface area contributed by atoms with Crippen LogP contribution in [0.3, 0.4) is 0 Å². The van der Waals surface area contributed by atoms with Crippen LogP contribution in [0.1, 0.15) is 17.7 Å². The maximum Gasteiger partial charge on any atom is 0.223 e. The summed E-state index contributed by atoms with van der Waals surface area (Å²) in [6, 6.07) is 10.0. The van der Waals surface area contributed by atoms with Crippen LogP contribution >= 0.6 is 22.7 Å². The molecule has 0 atom stereocenters. The average Bonchev–Trinajstić information content (AvgIpc) is 3.19. The fourth-order valence-corrected chi connectivity index (χ4v) is 4.08. The fourth-order valence-electron chi connectivity index (χ4n) is 2.74. The van der Waals surface area contributed by atoms with Crippen LogP contribution in [0.5, 0.6) is 5.75 Å². The Morgan fingerprint density at radius 1 is 1.26 bits per heavy atom. The molecule has 1 aliphatic rings. The maximum atomic E-state index is 12.1. The zero-order valence-corrected chi connectivity index (χ0v) is 14.0. The van der Waals surface area contributed by atoms with E-state index in [-0.39, 0.29) is 17.9 Å². The first-order valence-corrected chi connectivity index (χ1v) is 9.34. The van der Waals surface area contributed by atoms with Gasteiger partial charge in [-0.25, -0.2) is 4.98 Å². The summed E-state index contributed by atoms with van der Waals surface area (Å²) in [6.07, 6.45) is 1.66. The molecule has 4 rings (SSSR count). The quantitative estimate of drug-likeness (QED) is 0.765. The van der Waals surface area contributed by atoms with Gasteiger partial charge >= 0.3 is 0 Å². The van der Waals surface area contributed by atoms with Crippen LogP contribution in [-0.4, -0.2) is 17.0 Å². The third-order valence-electron chi connectivity index (χ3n) is 4.10. The van der Waals surface area contributed by atoms with E-state index >= 15 is 0 Å². The van der Waals surface area contributed by atoms with E-state index in [0.717, 1.165) is 28.8 Å². The Balaban J connectivity index is 1.29. The lowest BCUT2D eigenvalue weighted by molar-refractivity contribution is -0.130. The summed E-state index contributed by atoms with van der Waals surface area (Å²) in [5.41, 5.74) is 2.75. The molecule has 2 aromatic heterocycles. The Labute approximate surface area is 142 Å². The van der Waals surface area contributed by atoms with Crippen molar-refractivity contribution in [2.75, 3.05) is 0 Å². The molecular formula is C17H16N2O2S2. The predicted molar refractivity (Wildman–Crippen MR) is 92.9 cm³/mol. The van der Waals surface area contributed by atoms with Crippen molar-refractivity contribution in [2.45, 2.75) is 25.5 Å². The topological polar surface area (TPSA) is 51.2 Å². The van der Waals surface area contributed by atoms with Crippen LogP contribution in [0.25, 0.3) is 10.2 Å². The molecule has 0 aliphatic heterocycles. The summed E-state index contributed by atoms with van der Waals surface area (Å²) in [5, 5.41) is 5.02. The average molecular weight is 344 g/mol. The number of ether oxygens (including phenoxy) is 1. The highest BCUT2D eigenvalue weighted by molar-refractivity contribution is 7.16. The van der Waals surface area contributed by atoms with Crippen molar-refractivity contribution in [1.29, 1.82) is 0 Å². The zero-order chi connectivity index (χ0) is 15.6. The van der Waals surface area contributed by atoms with E-state index in [1.165, 1.54) is 4.88 Å². The standard InChI is InChI=1S/C17H16N2O2S2/c20-17(18-9-13-3-2-6-22-13)11-7-12(8-11)21-14-4-1-5-15-16(14)19-10-23-15/h1-6,10-12H,7-9H2,(H,18,20). The van der Waals surface area contributed by atoms with Crippen LogP contribution in [0.2, 0.25) is 0 Å². The van der Waals surface area contributed by atoms with Crippen molar-refractivity contribution >= 4 is 38.8 Å². The van der Waals surface area contributed by atoms with Gasteiger partial charge in [-0.05, 0) is 36.4 Å². The molecule has 1 amide bonds. The highest BCUT2D eigenvalue weighted by atomic mass is 32.1. The van der Waals surface area contributed by atoms with Gasteiger partial charge in [-0.15, -0.1) is 22.7 Å². The molecular weight excluding hydrogens is 328 g/mol. The highest BCUT2D eigenvalue weighted by Crippen LogP contribution is 2.34. The van der Waals surface area contributed by atoms with Gasteiger partial charge in [0.05, 0.1) is 16.8 Å². The maximum absolute atomic E-state index is 12.1. The van der Waals surface area contributed by atoms with Gasteiger partial charge in [0.1, 0.15) is 17.4 Å². The van der Waals surface area contributed by atoms with Crippen molar-refractivity contribution < 1.29 is 9.53 Å². The lowest BCUT2D eigenvalue weighted by Crippen LogP contribution is -2.43. The van der Waals surface area contributed by atoms with Gasteiger partial charge in [0.15, 0.2) is 0 Å². The first kappa shape index (κ1) is 14.7. The van der Waals surface area contributed by atoms with Crippen LogP contribution in [0.4, 0.5) is 0 Å². The minimum atomic E-state index is 0.0644. The van der Waals surface area contributed by atoms with Crippen LogP contribution in [0, 0.1) is 5.92 Å².